The summed E-state index contributed by atoms with van der Waals surface area (Å²) in [6.07, 6.45) is 2.42. The number of benzene rings is 2. The lowest BCUT2D eigenvalue weighted by Gasteiger charge is -2.24. The molecule has 0 saturated heterocycles. The van der Waals surface area contributed by atoms with E-state index in [2.05, 4.69) is 16.0 Å². The van der Waals surface area contributed by atoms with E-state index in [1.807, 2.05) is 36.6 Å². The Balaban J connectivity index is 2.02. The van der Waals surface area contributed by atoms with Gasteiger partial charge in [0, 0.05) is 6.42 Å². The molecule has 0 bridgehead atoms. The number of thioether (sulfide) groups is 1. The van der Waals surface area contributed by atoms with Crippen LogP contribution < -0.4 is 21.7 Å². The lowest BCUT2D eigenvalue weighted by atomic mass is 10.0. The fourth-order valence-electron chi connectivity index (χ4n) is 3.53. The van der Waals surface area contributed by atoms with E-state index >= 15 is 0 Å². The Bertz CT molecular complexity index is 1020. The number of aliphatic carboxylic acids is 1. The van der Waals surface area contributed by atoms with Crippen molar-refractivity contribution >= 4 is 35.5 Å². The Morgan fingerprint density at radius 1 is 0.784 bits per heavy atom. The van der Waals surface area contributed by atoms with Gasteiger partial charge in [0.1, 0.15) is 18.1 Å². The van der Waals surface area contributed by atoms with Crippen LogP contribution in [0.4, 0.5) is 0 Å². The maximum absolute atomic E-state index is 13.0. The summed E-state index contributed by atoms with van der Waals surface area (Å²) in [7, 11) is 0. The summed E-state index contributed by atoms with van der Waals surface area (Å²) in [6.45, 7) is -0.758. The highest BCUT2D eigenvalue weighted by Gasteiger charge is 2.30. The van der Waals surface area contributed by atoms with Crippen LogP contribution in [0.25, 0.3) is 0 Å². The van der Waals surface area contributed by atoms with Crippen LogP contribution in [0.5, 0.6) is 0 Å². The minimum Gasteiger partial charge on any atom is -0.480 e. The molecule has 7 N–H and O–H groups in total. The van der Waals surface area contributed by atoms with E-state index in [9.17, 15) is 29.4 Å². The van der Waals surface area contributed by atoms with Gasteiger partial charge in [0.05, 0.1) is 12.6 Å². The molecule has 0 radical (unpaired) electrons. The number of carbonyl (C=O) groups excluding carboxylic acids is 3. The van der Waals surface area contributed by atoms with Gasteiger partial charge in [0.2, 0.25) is 17.7 Å². The molecule has 0 spiro atoms. The first-order valence-corrected chi connectivity index (χ1v) is 13.2. The van der Waals surface area contributed by atoms with Crippen molar-refractivity contribution in [1.82, 2.24) is 16.0 Å². The van der Waals surface area contributed by atoms with Gasteiger partial charge >= 0.3 is 5.97 Å². The molecule has 10 nitrogen and oxygen atoms in total. The van der Waals surface area contributed by atoms with Gasteiger partial charge in [-0.1, -0.05) is 60.7 Å². The minimum absolute atomic E-state index is 0.0275. The molecule has 2 aromatic carbocycles. The summed E-state index contributed by atoms with van der Waals surface area (Å²) < 4.78 is 0. The molecule has 0 aliphatic carbocycles. The summed E-state index contributed by atoms with van der Waals surface area (Å²) in [6, 6.07) is 13.4. The highest BCUT2D eigenvalue weighted by Crippen LogP contribution is 2.07. The van der Waals surface area contributed by atoms with Crippen LogP contribution in [-0.2, 0) is 32.0 Å². The minimum atomic E-state index is -1.41. The predicted molar refractivity (Wildman–Crippen MR) is 142 cm³/mol. The van der Waals surface area contributed by atoms with Gasteiger partial charge < -0.3 is 31.9 Å². The normalized spacial score (nSPS) is 14.0. The van der Waals surface area contributed by atoms with Gasteiger partial charge in [0.15, 0.2) is 0 Å². The second kappa shape index (κ2) is 15.6. The van der Waals surface area contributed by atoms with Crippen molar-refractivity contribution in [3.63, 3.8) is 0 Å². The van der Waals surface area contributed by atoms with E-state index in [0.717, 1.165) is 5.56 Å². The molecule has 0 aliphatic heterocycles. The molecule has 0 fully saturated rings. The summed E-state index contributed by atoms with van der Waals surface area (Å²) in [5, 5.41) is 26.7. The number of hydrogen-bond acceptors (Lipinski definition) is 7. The number of nitrogens with one attached hydrogen (secondary N) is 3. The van der Waals surface area contributed by atoms with Crippen molar-refractivity contribution in [1.29, 1.82) is 0 Å². The molecule has 37 heavy (non-hydrogen) atoms. The first-order valence-electron chi connectivity index (χ1n) is 11.8. The second-order valence-corrected chi connectivity index (χ2v) is 9.46. The van der Waals surface area contributed by atoms with E-state index in [1.165, 1.54) is 11.8 Å². The fourth-order valence-corrected chi connectivity index (χ4v) is 4.00. The number of carboxylic acid groups (broad SMARTS) is 1. The van der Waals surface area contributed by atoms with E-state index in [0.29, 0.717) is 11.3 Å². The molecule has 0 aromatic heterocycles. The topological polar surface area (TPSA) is 171 Å². The third-order valence-corrected chi connectivity index (χ3v) is 6.24. The molecule has 4 unspecified atom stereocenters. The van der Waals surface area contributed by atoms with Gasteiger partial charge in [0.25, 0.3) is 0 Å². The van der Waals surface area contributed by atoms with Crippen LogP contribution in [0, 0.1) is 0 Å². The molecule has 2 rings (SSSR count). The zero-order chi connectivity index (χ0) is 27.2. The van der Waals surface area contributed by atoms with Gasteiger partial charge in [-0.05, 0) is 36.0 Å². The highest BCUT2D eigenvalue weighted by atomic mass is 32.2. The summed E-state index contributed by atoms with van der Waals surface area (Å²) in [5.74, 6) is -2.77. The Morgan fingerprint density at radius 3 is 1.78 bits per heavy atom. The number of hydrogen-bond donors (Lipinski definition) is 6. The van der Waals surface area contributed by atoms with Crippen molar-refractivity contribution in [2.24, 2.45) is 5.73 Å². The Morgan fingerprint density at radius 2 is 1.27 bits per heavy atom. The van der Waals surface area contributed by atoms with Crippen LogP contribution >= 0.6 is 11.8 Å². The van der Waals surface area contributed by atoms with Crippen LogP contribution in [0.3, 0.4) is 0 Å². The molecule has 0 heterocycles. The van der Waals surface area contributed by atoms with Gasteiger partial charge in [-0.15, -0.1) is 0 Å². The van der Waals surface area contributed by atoms with Crippen LogP contribution in [0.1, 0.15) is 17.5 Å². The first-order chi connectivity index (χ1) is 17.7. The third kappa shape index (κ3) is 10.2. The molecule has 4 atom stereocenters. The third-order valence-electron chi connectivity index (χ3n) is 5.59. The number of carbonyl (C=O) groups is 4. The van der Waals surface area contributed by atoms with Gasteiger partial charge in [-0.2, -0.15) is 11.8 Å². The standard InChI is InChI=1S/C26H34N4O6S/c1-37-13-12-20(28-23(32)19(27)14-17-8-4-2-5-9-17)24(33)30-22(16-31)25(34)29-21(26(35)36)15-18-10-6-3-7-11-18/h2-11,19-22,31H,12-16,27H2,1H3,(H,28,32)(H,29,34)(H,30,33)(H,35,36). The van der Waals surface area contributed by atoms with Crippen LogP contribution in [0.15, 0.2) is 60.7 Å². The Hall–Kier alpha value is -3.41. The van der Waals surface area contributed by atoms with Gasteiger partial charge in [-0.25, -0.2) is 4.79 Å². The summed E-state index contributed by atoms with van der Waals surface area (Å²) >= 11 is 1.47. The molecular formula is C26H34N4O6S. The second-order valence-electron chi connectivity index (χ2n) is 8.47. The molecule has 0 aliphatic rings. The zero-order valence-electron chi connectivity index (χ0n) is 20.6. The fraction of sp³-hybridized carbons (Fsp3) is 0.385. The number of amides is 3. The largest absolute Gasteiger partial charge is 0.480 e. The number of rotatable bonds is 15. The van der Waals surface area contributed by atoms with E-state index in [1.54, 1.807) is 30.3 Å². The Kier molecular flexibility index (Phi) is 12.6. The number of nitrogens with two attached hydrogens (primary N) is 1. The predicted octanol–water partition coefficient (Wildman–Crippen LogP) is 0.0835. The quantitative estimate of drug-likeness (QED) is 0.188. The lowest BCUT2D eigenvalue weighted by molar-refractivity contribution is -0.142. The maximum atomic E-state index is 13.0. The Labute approximate surface area is 220 Å². The number of aliphatic hydroxyl groups excluding tert-OH is 1. The average molecular weight is 531 g/mol. The van der Waals surface area contributed by atoms with Crippen LogP contribution in [0.2, 0.25) is 0 Å². The van der Waals surface area contributed by atoms with Gasteiger partial charge in [-0.3, -0.25) is 14.4 Å². The van der Waals surface area contributed by atoms with Crippen molar-refractivity contribution in [3.8, 4) is 0 Å². The molecule has 11 heteroatoms. The maximum Gasteiger partial charge on any atom is 0.326 e. The van der Waals surface area contributed by atoms with E-state index in [-0.39, 0.29) is 19.3 Å². The van der Waals surface area contributed by atoms with Crippen molar-refractivity contribution < 1.29 is 29.4 Å². The molecular weight excluding hydrogens is 496 g/mol. The van der Waals surface area contributed by atoms with Crippen molar-refractivity contribution in [2.75, 3.05) is 18.6 Å². The monoisotopic (exact) mass is 530 g/mol. The number of carboxylic acids is 1. The van der Waals surface area contributed by atoms with Crippen molar-refractivity contribution in [2.45, 2.75) is 43.4 Å². The average Bonchev–Trinajstić information content (AvgIpc) is 2.89. The summed E-state index contributed by atoms with van der Waals surface area (Å²) in [5.41, 5.74) is 7.61. The SMILES string of the molecule is CSCCC(NC(=O)C(N)Cc1ccccc1)C(=O)NC(CO)C(=O)NC(Cc1ccccc1)C(=O)O. The molecule has 2 aromatic rings. The molecule has 3 amide bonds. The molecule has 200 valence electrons. The van der Waals surface area contributed by atoms with E-state index < -0.39 is 54.5 Å². The first kappa shape index (κ1) is 29.8. The lowest BCUT2D eigenvalue weighted by Crippen LogP contribution is -2.58. The zero-order valence-corrected chi connectivity index (χ0v) is 21.4. The van der Waals surface area contributed by atoms with Crippen LogP contribution in [-0.4, -0.2) is 76.7 Å². The smallest absolute Gasteiger partial charge is 0.326 e. The summed E-state index contributed by atoms with van der Waals surface area (Å²) in [4.78, 5) is 50.1. The molecule has 0 saturated carbocycles. The number of aliphatic hydroxyl groups is 1. The van der Waals surface area contributed by atoms with Crippen molar-refractivity contribution in [3.05, 3.63) is 71.8 Å². The van der Waals surface area contributed by atoms with E-state index in [4.69, 9.17) is 5.73 Å². The highest BCUT2D eigenvalue weighted by molar-refractivity contribution is 7.98.